The van der Waals surface area contributed by atoms with Crippen LogP contribution in [0.3, 0.4) is 0 Å². The number of allylic oxidation sites excluding steroid dienone is 1. The van der Waals surface area contributed by atoms with E-state index in [0.717, 1.165) is 28.2 Å². The van der Waals surface area contributed by atoms with E-state index in [9.17, 15) is 19.1 Å². The predicted octanol–water partition coefficient (Wildman–Crippen LogP) is 5.33. The van der Waals surface area contributed by atoms with E-state index < -0.39 is 24.3 Å². The van der Waals surface area contributed by atoms with Gasteiger partial charge >= 0.3 is 12.0 Å². The van der Waals surface area contributed by atoms with Crippen molar-refractivity contribution in [3.05, 3.63) is 118 Å². The second-order valence-corrected chi connectivity index (χ2v) is 11.5. The molecule has 2 amide bonds. The van der Waals surface area contributed by atoms with Crippen LogP contribution < -0.4 is 30.3 Å². The number of ether oxygens (including phenoxy) is 4. The maximum Gasteiger partial charge on any atom is 0.337 e. The van der Waals surface area contributed by atoms with Crippen molar-refractivity contribution in [1.29, 1.82) is 0 Å². The molecule has 50 heavy (non-hydrogen) atoms. The number of aliphatic hydroxyl groups is 1. The number of aliphatic hydroxyl groups excluding tert-OH is 1. The number of hydrazone groups is 1. The van der Waals surface area contributed by atoms with Gasteiger partial charge in [-0.1, -0.05) is 18.2 Å². The van der Waals surface area contributed by atoms with Gasteiger partial charge in [0.15, 0.2) is 17.7 Å². The highest BCUT2D eigenvalue weighted by molar-refractivity contribution is 5.95. The average molecular weight is 686 g/mol. The van der Waals surface area contributed by atoms with Crippen LogP contribution in [0.15, 0.2) is 89.2 Å². The summed E-state index contributed by atoms with van der Waals surface area (Å²) in [5.74, 6) is 0.568. The average Bonchev–Trinajstić information content (AvgIpc) is 3.38. The number of carbonyl (C=O) groups is 2. The number of amides is 2. The topological polar surface area (TPSA) is 145 Å². The van der Waals surface area contributed by atoms with Gasteiger partial charge in [0, 0.05) is 28.3 Å². The molecule has 12 nitrogen and oxygen atoms in total. The van der Waals surface area contributed by atoms with Gasteiger partial charge in [-0.05, 0) is 93.4 Å². The van der Waals surface area contributed by atoms with E-state index in [2.05, 4.69) is 25.7 Å². The van der Waals surface area contributed by atoms with E-state index >= 15 is 0 Å². The summed E-state index contributed by atoms with van der Waals surface area (Å²) in [7, 11) is 1.28. The maximum absolute atomic E-state index is 13.2. The Morgan fingerprint density at radius 3 is 2.46 bits per heavy atom. The number of aromatic nitrogens is 1. The van der Waals surface area contributed by atoms with Crippen LogP contribution in [0.1, 0.15) is 48.0 Å². The van der Waals surface area contributed by atoms with Crippen LogP contribution in [-0.2, 0) is 16.1 Å². The van der Waals surface area contributed by atoms with Crippen molar-refractivity contribution >= 4 is 18.2 Å². The Balaban J connectivity index is 1.19. The van der Waals surface area contributed by atoms with E-state index in [1.807, 2.05) is 51.1 Å². The Morgan fingerprint density at radius 1 is 1.02 bits per heavy atom. The van der Waals surface area contributed by atoms with Crippen LogP contribution in [0, 0.1) is 19.7 Å². The predicted molar refractivity (Wildman–Crippen MR) is 185 cm³/mol. The molecular weight excluding hydrogens is 645 g/mol. The number of nitrogens with zero attached hydrogens (tertiary/aromatic N) is 2. The van der Waals surface area contributed by atoms with Gasteiger partial charge in [-0.3, -0.25) is 5.43 Å². The molecule has 262 valence electrons. The number of carbonyl (C=O) groups excluding carboxylic acids is 2. The van der Waals surface area contributed by atoms with Crippen LogP contribution in [0.2, 0.25) is 0 Å². The summed E-state index contributed by atoms with van der Waals surface area (Å²) in [4.78, 5) is 24.7. The second kappa shape index (κ2) is 16.1. The van der Waals surface area contributed by atoms with Crippen molar-refractivity contribution in [3.8, 4) is 22.9 Å². The van der Waals surface area contributed by atoms with Crippen LogP contribution in [0.4, 0.5) is 9.18 Å². The van der Waals surface area contributed by atoms with Gasteiger partial charge in [-0.15, -0.1) is 0 Å². The molecule has 1 aliphatic rings. The smallest absolute Gasteiger partial charge is 0.337 e. The fraction of sp³-hybridized carbons (Fsp3) is 0.270. The summed E-state index contributed by atoms with van der Waals surface area (Å²) in [5.41, 5.74) is 8.55. The molecule has 0 fully saturated rings. The molecule has 2 atom stereocenters. The van der Waals surface area contributed by atoms with E-state index in [-0.39, 0.29) is 18.0 Å². The number of halogens is 1. The molecular formula is C37H40FN5O7. The van der Waals surface area contributed by atoms with Gasteiger partial charge < -0.3 is 39.3 Å². The van der Waals surface area contributed by atoms with Crippen molar-refractivity contribution < 1.29 is 38.0 Å². The summed E-state index contributed by atoms with van der Waals surface area (Å²) in [6.07, 6.45) is 0.483. The fourth-order valence-electron chi connectivity index (χ4n) is 5.57. The molecule has 0 spiro atoms. The number of rotatable bonds is 14. The third-order valence-corrected chi connectivity index (χ3v) is 7.98. The lowest BCUT2D eigenvalue weighted by atomic mass is 9.95. The highest BCUT2D eigenvalue weighted by Gasteiger charge is 2.32. The van der Waals surface area contributed by atoms with Gasteiger partial charge in [0.25, 0.3) is 0 Å². The van der Waals surface area contributed by atoms with Crippen molar-refractivity contribution in [2.75, 3.05) is 20.3 Å². The lowest BCUT2D eigenvalue weighted by Gasteiger charge is -2.28. The Labute approximate surface area is 289 Å². The molecule has 0 saturated heterocycles. The molecule has 0 bridgehead atoms. The van der Waals surface area contributed by atoms with Crippen molar-refractivity contribution in [2.24, 2.45) is 5.10 Å². The SMILES string of the molecule is CCOc1cc([C@H]2NC(=O)NC(C)=C2C(=O)OC)ccc1OC[C@@H](O)N/N=C/c1cc(C)n(-c2ccc(OCc3ccc(F)cc3)cc2)c1C. The van der Waals surface area contributed by atoms with Gasteiger partial charge in [-0.25, -0.2) is 14.0 Å². The quantitative estimate of drug-likeness (QED) is 0.0604. The Hall–Kier alpha value is -5.82. The molecule has 13 heteroatoms. The first-order chi connectivity index (χ1) is 24.1. The molecule has 2 heterocycles. The molecule has 0 aliphatic carbocycles. The Kier molecular flexibility index (Phi) is 11.4. The van der Waals surface area contributed by atoms with Crippen LogP contribution in [0.25, 0.3) is 5.69 Å². The number of urea groups is 1. The van der Waals surface area contributed by atoms with Gasteiger partial charge in [0.2, 0.25) is 0 Å². The third kappa shape index (κ3) is 8.42. The number of hydrogen-bond acceptors (Lipinski definition) is 9. The summed E-state index contributed by atoms with van der Waals surface area (Å²) in [5, 5.41) is 20.1. The van der Waals surface area contributed by atoms with Gasteiger partial charge in [0.1, 0.15) is 24.8 Å². The number of benzene rings is 3. The fourth-order valence-corrected chi connectivity index (χ4v) is 5.57. The first-order valence-electron chi connectivity index (χ1n) is 16.0. The van der Waals surface area contributed by atoms with Crippen molar-refractivity contribution in [3.63, 3.8) is 0 Å². The zero-order chi connectivity index (χ0) is 35.8. The molecule has 0 unspecified atom stereocenters. The molecule has 4 N–H and O–H groups in total. The molecule has 0 saturated carbocycles. The minimum Gasteiger partial charge on any atom is -0.490 e. The Bertz CT molecular complexity index is 1890. The van der Waals surface area contributed by atoms with Crippen LogP contribution in [0.5, 0.6) is 17.2 Å². The van der Waals surface area contributed by atoms with E-state index in [1.54, 1.807) is 43.5 Å². The van der Waals surface area contributed by atoms with Crippen molar-refractivity contribution in [2.45, 2.75) is 46.6 Å². The lowest BCUT2D eigenvalue weighted by Crippen LogP contribution is -2.45. The summed E-state index contributed by atoms with van der Waals surface area (Å²) in [6, 6.07) is 19.7. The summed E-state index contributed by atoms with van der Waals surface area (Å²) in [6.45, 7) is 7.93. The molecule has 3 aromatic carbocycles. The standard InChI is InChI=1S/C37H40FN5O7/c1-6-48-32-18-26(35-34(36(45)47-5)23(3)40-37(46)41-35)9-16-31(32)50-21-33(44)42-39-19-27-17-22(2)43(24(27)4)29-12-14-30(15-13-29)49-20-25-7-10-28(38)11-8-25/h7-19,33,35,42,44H,6,20-21H2,1-5H3,(H2,40,41,46)/b39-19+/t33-,35-/m1/s1. The van der Waals surface area contributed by atoms with Gasteiger partial charge in [0.05, 0.1) is 31.5 Å². The zero-order valence-electron chi connectivity index (χ0n) is 28.5. The van der Waals surface area contributed by atoms with E-state index in [0.29, 0.717) is 41.7 Å². The van der Waals surface area contributed by atoms with Crippen molar-refractivity contribution in [1.82, 2.24) is 20.6 Å². The molecule has 5 rings (SSSR count). The maximum atomic E-state index is 13.2. The van der Waals surface area contributed by atoms with Gasteiger partial charge in [-0.2, -0.15) is 5.10 Å². The van der Waals surface area contributed by atoms with E-state index in [1.165, 1.54) is 19.2 Å². The minimum absolute atomic E-state index is 0.151. The number of aryl methyl sites for hydroxylation is 1. The molecule has 0 radical (unpaired) electrons. The third-order valence-electron chi connectivity index (χ3n) is 7.98. The number of nitrogens with one attached hydrogen (secondary N) is 3. The highest BCUT2D eigenvalue weighted by atomic mass is 19.1. The minimum atomic E-state index is -1.15. The van der Waals surface area contributed by atoms with Crippen LogP contribution in [-0.4, -0.2) is 54.4 Å². The number of hydrogen-bond donors (Lipinski definition) is 4. The molecule has 4 aromatic rings. The Morgan fingerprint density at radius 2 is 1.76 bits per heavy atom. The summed E-state index contributed by atoms with van der Waals surface area (Å²) < 4.78 is 37.7. The van der Waals surface area contributed by atoms with E-state index in [4.69, 9.17) is 18.9 Å². The lowest BCUT2D eigenvalue weighted by molar-refractivity contribution is -0.136. The summed E-state index contributed by atoms with van der Waals surface area (Å²) >= 11 is 0. The first-order valence-corrected chi connectivity index (χ1v) is 16.0. The highest BCUT2D eigenvalue weighted by Crippen LogP contribution is 2.35. The second-order valence-electron chi connectivity index (χ2n) is 11.5. The number of methoxy groups -OCH3 is 1. The molecule has 1 aromatic heterocycles. The monoisotopic (exact) mass is 685 g/mol. The zero-order valence-corrected chi connectivity index (χ0v) is 28.5. The number of esters is 1. The first kappa shape index (κ1) is 35.5. The largest absolute Gasteiger partial charge is 0.490 e. The normalized spacial score (nSPS) is 14.9. The van der Waals surface area contributed by atoms with Crippen LogP contribution >= 0.6 is 0 Å². The molecule has 1 aliphatic heterocycles.